The van der Waals surface area contributed by atoms with Crippen molar-refractivity contribution in [2.24, 2.45) is 0 Å². The van der Waals surface area contributed by atoms with E-state index >= 15 is 0 Å². The Morgan fingerprint density at radius 1 is 1.14 bits per heavy atom. The van der Waals surface area contributed by atoms with Crippen LogP contribution in [0.15, 0.2) is 40.8 Å². The van der Waals surface area contributed by atoms with E-state index in [9.17, 15) is 22.8 Å². The number of aromatic nitrogens is 4. The van der Waals surface area contributed by atoms with Crippen molar-refractivity contribution in [3.8, 4) is 0 Å². The molecule has 0 aliphatic heterocycles. The highest BCUT2D eigenvalue weighted by atomic mass is 19.4. The van der Waals surface area contributed by atoms with Crippen LogP contribution in [0.2, 0.25) is 0 Å². The van der Waals surface area contributed by atoms with E-state index in [-0.39, 0.29) is 11.4 Å². The summed E-state index contributed by atoms with van der Waals surface area (Å²) in [5.74, 6) is -2.99. The summed E-state index contributed by atoms with van der Waals surface area (Å²) in [5, 5.41) is 14.7. The average Bonchev–Trinajstić information content (AvgIpc) is 3.34. The Balaban J connectivity index is 1.94. The van der Waals surface area contributed by atoms with Crippen LogP contribution >= 0.6 is 0 Å². The number of amides is 2. The molecule has 152 valence electrons. The third-order valence-corrected chi connectivity index (χ3v) is 3.96. The maximum atomic E-state index is 12.6. The molecule has 2 N–H and O–H groups in total. The van der Waals surface area contributed by atoms with E-state index in [0.29, 0.717) is 0 Å². The van der Waals surface area contributed by atoms with Crippen LogP contribution in [0, 0.1) is 0 Å². The molecule has 1 unspecified atom stereocenters. The summed E-state index contributed by atoms with van der Waals surface area (Å²) in [4.78, 5) is 24.6. The number of nitrogens with zero attached hydrogens (tertiary/aromatic N) is 4. The quantitative estimate of drug-likeness (QED) is 0.670. The maximum absolute atomic E-state index is 12.6. The molecule has 0 aliphatic carbocycles. The van der Waals surface area contributed by atoms with Gasteiger partial charge in [-0.2, -0.15) is 18.3 Å². The summed E-state index contributed by atoms with van der Waals surface area (Å²) >= 11 is 0. The first-order valence-corrected chi connectivity index (χ1v) is 8.29. The lowest BCUT2D eigenvalue weighted by Gasteiger charge is -2.15. The van der Waals surface area contributed by atoms with Crippen LogP contribution < -0.4 is 10.6 Å². The van der Waals surface area contributed by atoms with Crippen molar-refractivity contribution in [1.29, 1.82) is 0 Å². The fourth-order valence-electron chi connectivity index (χ4n) is 2.52. The zero-order valence-electron chi connectivity index (χ0n) is 15.2. The second kappa shape index (κ2) is 7.73. The van der Waals surface area contributed by atoms with E-state index in [0.717, 1.165) is 5.56 Å². The van der Waals surface area contributed by atoms with Crippen molar-refractivity contribution in [3.63, 3.8) is 0 Å². The molecule has 3 aromatic rings. The van der Waals surface area contributed by atoms with Gasteiger partial charge in [-0.15, -0.1) is 5.10 Å². The lowest BCUT2D eigenvalue weighted by molar-refractivity contribution is -0.156. The molecule has 2 amide bonds. The predicted octanol–water partition coefficient (Wildman–Crippen LogP) is 2.51. The number of hydrogen-bond donors (Lipinski definition) is 2. The highest BCUT2D eigenvalue weighted by Gasteiger charge is 2.38. The van der Waals surface area contributed by atoms with Crippen LogP contribution in [0.3, 0.4) is 0 Å². The first kappa shape index (κ1) is 20.0. The minimum Gasteiger partial charge on any atom is -0.399 e. The van der Waals surface area contributed by atoms with Gasteiger partial charge in [0.15, 0.2) is 5.69 Å². The van der Waals surface area contributed by atoms with E-state index in [1.54, 1.807) is 31.2 Å². The minimum atomic E-state index is -4.84. The molecule has 29 heavy (non-hydrogen) atoms. The number of hydrogen-bond acceptors (Lipinski definition) is 6. The molecule has 2 heterocycles. The summed E-state index contributed by atoms with van der Waals surface area (Å²) in [6.07, 6.45) is -4.84. The van der Waals surface area contributed by atoms with Gasteiger partial charge in [0, 0.05) is 13.1 Å². The van der Waals surface area contributed by atoms with Crippen molar-refractivity contribution >= 4 is 17.8 Å². The highest BCUT2D eigenvalue weighted by molar-refractivity contribution is 6.03. The molecule has 9 nitrogen and oxygen atoms in total. The van der Waals surface area contributed by atoms with E-state index in [1.807, 2.05) is 6.07 Å². The Morgan fingerprint density at radius 2 is 1.83 bits per heavy atom. The Hall–Kier alpha value is -3.70. The van der Waals surface area contributed by atoms with Gasteiger partial charge in [0.05, 0.1) is 6.04 Å². The predicted molar refractivity (Wildman–Crippen MR) is 93.1 cm³/mol. The van der Waals surface area contributed by atoms with Crippen LogP contribution in [0.1, 0.15) is 45.4 Å². The first-order valence-electron chi connectivity index (χ1n) is 8.29. The van der Waals surface area contributed by atoms with E-state index in [1.165, 1.54) is 17.8 Å². The normalized spacial score (nSPS) is 12.4. The standard InChI is InChI=1S/C17H15F3N6O3/c1-9(10-6-4-3-5-7-10)26-12(8-11(25-26)13(27)21-2)14(28)22-16-24-23-15(29-16)17(18,19)20/h3-9H,1-2H3,(H,21,27)(H,22,24,28). The molecular weight excluding hydrogens is 393 g/mol. The fourth-order valence-corrected chi connectivity index (χ4v) is 2.52. The molecule has 12 heteroatoms. The second-order valence-electron chi connectivity index (χ2n) is 5.89. The van der Waals surface area contributed by atoms with Crippen molar-refractivity contribution in [1.82, 2.24) is 25.3 Å². The van der Waals surface area contributed by atoms with Gasteiger partial charge < -0.3 is 9.73 Å². The van der Waals surface area contributed by atoms with Gasteiger partial charge in [0.1, 0.15) is 5.69 Å². The van der Waals surface area contributed by atoms with E-state index in [4.69, 9.17) is 0 Å². The van der Waals surface area contributed by atoms with Crippen LogP contribution in [-0.4, -0.2) is 38.8 Å². The third kappa shape index (κ3) is 4.25. The van der Waals surface area contributed by atoms with Gasteiger partial charge in [-0.3, -0.25) is 19.6 Å². The second-order valence-corrected chi connectivity index (χ2v) is 5.89. The molecule has 0 bridgehead atoms. The topological polar surface area (TPSA) is 115 Å². The van der Waals surface area contributed by atoms with E-state index < -0.39 is 35.9 Å². The fraction of sp³-hybridized carbons (Fsp3) is 0.235. The number of carbonyl (C=O) groups is 2. The Bertz CT molecular complexity index is 1030. The minimum absolute atomic E-state index is 0.0399. The summed E-state index contributed by atoms with van der Waals surface area (Å²) in [6.45, 7) is 1.75. The largest absolute Gasteiger partial charge is 0.470 e. The zero-order chi connectivity index (χ0) is 21.2. The maximum Gasteiger partial charge on any atom is 0.470 e. The lowest BCUT2D eigenvalue weighted by Crippen LogP contribution is -2.21. The molecule has 0 radical (unpaired) electrons. The smallest absolute Gasteiger partial charge is 0.399 e. The number of halogens is 3. The number of benzene rings is 1. The van der Waals surface area contributed by atoms with Crippen molar-refractivity contribution in [2.45, 2.75) is 19.1 Å². The summed E-state index contributed by atoms with van der Waals surface area (Å²) in [5.41, 5.74) is 0.680. The molecule has 1 atom stereocenters. The number of rotatable bonds is 5. The number of anilines is 1. The van der Waals surface area contributed by atoms with Crippen LogP contribution in [0.4, 0.5) is 19.2 Å². The lowest BCUT2D eigenvalue weighted by atomic mass is 10.1. The molecule has 2 aromatic heterocycles. The van der Waals surface area contributed by atoms with Crippen molar-refractivity contribution in [2.75, 3.05) is 12.4 Å². The summed E-state index contributed by atoms with van der Waals surface area (Å²) in [7, 11) is 1.40. The molecule has 0 saturated heterocycles. The molecule has 0 fully saturated rings. The van der Waals surface area contributed by atoms with Crippen LogP contribution in [0.25, 0.3) is 0 Å². The number of carbonyl (C=O) groups excluding carboxylic acids is 2. The van der Waals surface area contributed by atoms with Gasteiger partial charge in [-0.25, -0.2) is 0 Å². The highest BCUT2D eigenvalue weighted by Crippen LogP contribution is 2.29. The van der Waals surface area contributed by atoms with Crippen molar-refractivity contribution in [3.05, 3.63) is 59.2 Å². The van der Waals surface area contributed by atoms with Gasteiger partial charge in [-0.05, 0) is 12.5 Å². The molecule has 3 rings (SSSR count). The Kier molecular flexibility index (Phi) is 5.35. The third-order valence-electron chi connectivity index (χ3n) is 3.96. The molecule has 0 spiro atoms. The van der Waals surface area contributed by atoms with Crippen LogP contribution in [-0.2, 0) is 6.18 Å². The van der Waals surface area contributed by atoms with Gasteiger partial charge >= 0.3 is 18.1 Å². The molecule has 0 saturated carbocycles. The van der Waals surface area contributed by atoms with Crippen LogP contribution in [0.5, 0.6) is 0 Å². The Morgan fingerprint density at radius 3 is 2.41 bits per heavy atom. The summed E-state index contributed by atoms with van der Waals surface area (Å²) < 4.78 is 43.4. The monoisotopic (exact) mass is 408 g/mol. The van der Waals surface area contributed by atoms with Gasteiger partial charge in [0.25, 0.3) is 11.8 Å². The molecule has 1 aromatic carbocycles. The van der Waals surface area contributed by atoms with E-state index in [2.05, 4.69) is 30.3 Å². The molecular formula is C17H15F3N6O3. The first-order chi connectivity index (χ1) is 13.7. The number of nitrogens with one attached hydrogen (secondary N) is 2. The van der Waals surface area contributed by atoms with Gasteiger partial charge in [-0.1, -0.05) is 35.4 Å². The zero-order valence-corrected chi connectivity index (χ0v) is 15.2. The van der Waals surface area contributed by atoms with Gasteiger partial charge in [0.2, 0.25) is 0 Å². The number of alkyl halides is 3. The molecule has 0 aliphatic rings. The Labute approximate surface area is 161 Å². The van der Waals surface area contributed by atoms with Crippen molar-refractivity contribution < 1.29 is 27.2 Å². The summed E-state index contributed by atoms with van der Waals surface area (Å²) in [6, 6.07) is 9.05. The average molecular weight is 408 g/mol. The SMILES string of the molecule is CNC(=O)c1cc(C(=O)Nc2nnc(C(F)(F)F)o2)n(C(C)c2ccccc2)n1.